The van der Waals surface area contributed by atoms with Gasteiger partial charge in [-0.25, -0.2) is 15.0 Å². The second-order valence-electron chi connectivity index (χ2n) is 3.70. The molecule has 0 atom stereocenters. The van der Waals surface area contributed by atoms with Gasteiger partial charge in [-0.2, -0.15) is 5.10 Å². The second kappa shape index (κ2) is 4.50. The van der Waals surface area contributed by atoms with Crippen molar-refractivity contribution in [3.63, 3.8) is 0 Å². The van der Waals surface area contributed by atoms with E-state index in [1.165, 1.54) is 6.20 Å². The van der Waals surface area contributed by atoms with Crippen molar-refractivity contribution in [2.24, 2.45) is 0 Å². The lowest BCUT2D eigenvalue weighted by Crippen LogP contribution is -2.23. The molecule has 2 aromatic rings. The Kier molecular flexibility index (Phi) is 3.06. The molecule has 0 bridgehead atoms. The molecule has 1 amide bonds. The normalized spacial score (nSPS) is 10.8. The molecule has 0 aliphatic heterocycles. The van der Waals surface area contributed by atoms with Crippen molar-refractivity contribution in [1.82, 2.24) is 20.1 Å². The summed E-state index contributed by atoms with van der Waals surface area (Å²) >= 11 is 0. The third-order valence-corrected chi connectivity index (χ3v) is 2.33. The van der Waals surface area contributed by atoms with Gasteiger partial charge < -0.3 is 0 Å². The van der Waals surface area contributed by atoms with Crippen LogP contribution >= 0.6 is 0 Å². The molecule has 0 unspecified atom stereocenters. The van der Waals surface area contributed by atoms with E-state index in [-0.39, 0.29) is 5.91 Å². The van der Waals surface area contributed by atoms with E-state index >= 15 is 0 Å². The lowest BCUT2D eigenvalue weighted by atomic mass is 10.3. The molecule has 6 heteroatoms. The van der Waals surface area contributed by atoms with Gasteiger partial charge in [-0.1, -0.05) is 0 Å². The number of hydroxylamine groups is 1. The Bertz CT molecular complexity index is 562. The van der Waals surface area contributed by atoms with Crippen LogP contribution in [0.4, 0.5) is 0 Å². The zero-order valence-electron chi connectivity index (χ0n) is 10.0. The molecular formula is C11H14N4O2. The molecule has 2 aromatic heterocycles. The van der Waals surface area contributed by atoms with E-state index in [1.54, 1.807) is 11.4 Å². The van der Waals surface area contributed by atoms with Crippen LogP contribution in [-0.4, -0.2) is 27.1 Å². The van der Waals surface area contributed by atoms with Gasteiger partial charge in [0.25, 0.3) is 5.91 Å². The number of hydrogen-bond acceptors (Lipinski definition) is 4. The summed E-state index contributed by atoms with van der Waals surface area (Å²) in [4.78, 5) is 20.9. The summed E-state index contributed by atoms with van der Waals surface area (Å²) in [5.74, 6) is -0.334. The number of amides is 1. The Balaban J connectivity index is 2.45. The highest BCUT2D eigenvalue weighted by atomic mass is 16.6. The summed E-state index contributed by atoms with van der Waals surface area (Å²) in [7, 11) is 0. The van der Waals surface area contributed by atoms with E-state index in [1.807, 2.05) is 19.9 Å². The minimum atomic E-state index is -0.334. The Morgan fingerprint density at radius 2 is 2.29 bits per heavy atom. The molecule has 1 N–H and O–H groups in total. The minimum absolute atomic E-state index is 0.334. The molecule has 0 saturated carbocycles. The predicted octanol–water partition coefficient (Wildman–Crippen LogP) is 1.03. The third kappa shape index (κ3) is 2.12. The highest BCUT2D eigenvalue weighted by molar-refractivity contribution is 5.99. The fourth-order valence-electron chi connectivity index (χ4n) is 1.62. The number of rotatable bonds is 3. The number of nitrogens with zero attached hydrogens (tertiary/aromatic N) is 3. The Hall–Kier alpha value is -1.95. The van der Waals surface area contributed by atoms with E-state index in [2.05, 4.69) is 15.6 Å². The van der Waals surface area contributed by atoms with Gasteiger partial charge in [0, 0.05) is 11.4 Å². The largest absolute Gasteiger partial charge is 0.280 e. The van der Waals surface area contributed by atoms with E-state index in [0.29, 0.717) is 17.8 Å². The van der Waals surface area contributed by atoms with Crippen molar-refractivity contribution >= 4 is 11.6 Å². The van der Waals surface area contributed by atoms with Crippen LogP contribution < -0.4 is 5.48 Å². The number of fused-ring (bicyclic) bond motifs is 1. The first-order chi connectivity index (χ1) is 8.13. The summed E-state index contributed by atoms with van der Waals surface area (Å²) in [5.41, 5.74) is 5.06. The molecule has 0 spiro atoms. The Morgan fingerprint density at radius 1 is 1.53 bits per heavy atom. The fourth-order valence-corrected chi connectivity index (χ4v) is 1.62. The number of carbonyl (C=O) groups is 1. The van der Waals surface area contributed by atoms with Crippen LogP contribution in [0.5, 0.6) is 0 Å². The number of hydrogen-bond donors (Lipinski definition) is 1. The van der Waals surface area contributed by atoms with Gasteiger partial charge in [0.1, 0.15) is 5.56 Å². The fraction of sp³-hybridized carbons (Fsp3) is 0.364. The van der Waals surface area contributed by atoms with Crippen LogP contribution in [0.3, 0.4) is 0 Å². The van der Waals surface area contributed by atoms with Crippen LogP contribution in [0.2, 0.25) is 0 Å². The van der Waals surface area contributed by atoms with E-state index < -0.39 is 0 Å². The summed E-state index contributed by atoms with van der Waals surface area (Å²) < 4.78 is 1.63. The predicted molar refractivity (Wildman–Crippen MR) is 61.6 cm³/mol. The Morgan fingerprint density at radius 3 is 3.00 bits per heavy atom. The maximum atomic E-state index is 11.8. The van der Waals surface area contributed by atoms with Crippen LogP contribution in [0, 0.1) is 13.8 Å². The molecule has 17 heavy (non-hydrogen) atoms. The standard InChI is InChI=1S/C11H14N4O2/c1-4-17-14-11(16)9-6-12-15-8(3)5-7(2)13-10(9)15/h5-6H,4H2,1-3H3,(H,14,16). The molecule has 0 aliphatic carbocycles. The lowest BCUT2D eigenvalue weighted by Gasteiger charge is -2.03. The average molecular weight is 234 g/mol. The first-order valence-corrected chi connectivity index (χ1v) is 5.37. The lowest BCUT2D eigenvalue weighted by molar-refractivity contribution is 0.0366. The molecule has 0 aromatic carbocycles. The van der Waals surface area contributed by atoms with Crippen LogP contribution in [0.15, 0.2) is 12.3 Å². The zero-order valence-corrected chi connectivity index (χ0v) is 10.0. The maximum Gasteiger partial charge on any atom is 0.280 e. The maximum absolute atomic E-state index is 11.8. The van der Waals surface area contributed by atoms with Crippen molar-refractivity contribution in [3.05, 3.63) is 29.2 Å². The molecule has 90 valence electrons. The van der Waals surface area contributed by atoms with Gasteiger partial charge in [-0.3, -0.25) is 9.63 Å². The van der Waals surface area contributed by atoms with Gasteiger partial charge in [0.05, 0.1) is 12.8 Å². The van der Waals surface area contributed by atoms with Gasteiger partial charge in [0.15, 0.2) is 5.65 Å². The van der Waals surface area contributed by atoms with E-state index in [0.717, 1.165) is 11.4 Å². The summed E-state index contributed by atoms with van der Waals surface area (Å²) in [6.07, 6.45) is 1.49. The topological polar surface area (TPSA) is 68.5 Å². The van der Waals surface area contributed by atoms with Gasteiger partial charge in [0.2, 0.25) is 0 Å². The van der Waals surface area contributed by atoms with Crippen LogP contribution in [0.1, 0.15) is 28.7 Å². The van der Waals surface area contributed by atoms with Crippen molar-refractivity contribution in [2.75, 3.05) is 6.61 Å². The first kappa shape index (κ1) is 11.5. The van der Waals surface area contributed by atoms with Gasteiger partial charge in [-0.05, 0) is 26.8 Å². The van der Waals surface area contributed by atoms with Crippen LogP contribution in [0.25, 0.3) is 5.65 Å². The van der Waals surface area contributed by atoms with Gasteiger partial charge >= 0.3 is 0 Å². The van der Waals surface area contributed by atoms with Crippen molar-refractivity contribution in [2.45, 2.75) is 20.8 Å². The molecule has 0 aliphatic rings. The van der Waals surface area contributed by atoms with Crippen molar-refractivity contribution < 1.29 is 9.63 Å². The Labute approximate surface area is 98.6 Å². The third-order valence-electron chi connectivity index (χ3n) is 2.33. The monoisotopic (exact) mass is 234 g/mol. The summed E-state index contributed by atoms with van der Waals surface area (Å²) in [6.45, 7) is 6.00. The first-order valence-electron chi connectivity index (χ1n) is 5.37. The second-order valence-corrected chi connectivity index (χ2v) is 3.70. The highest BCUT2D eigenvalue weighted by Gasteiger charge is 2.15. The number of nitrogens with one attached hydrogen (secondary N) is 1. The SMILES string of the molecule is CCONC(=O)c1cnn2c(C)cc(C)nc12. The molecule has 0 fully saturated rings. The summed E-state index contributed by atoms with van der Waals surface area (Å²) in [5, 5.41) is 4.13. The number of aromatic nitrogens is 3. The molecule has 0 radical (unpaired) electrons. The molecular weight excluding hydrogens is 220 g/mol. The van der Waals surface area contributed by atoms with Gasteiger partial charge in [-0.15, -0.1) is 0 Å². The quantitative estimate of drug-likeness (QED) is 0.805. The molecule has 2 rings (SSSR count). The molecule has 6 nitrogen and oxygen atoms in total. The van der Waals surface area contributed by atoms with E-state index in [9.17, 15) is 4.79 Å². The minimum Gasteiger partial charge on any atom is -0.274 e. The summed E-state index contributed by atoms with van der Waals surface area (Å²) in [6, 6.07) is 1.91. The average Bonchev–Trinajstić information content (AvgIpc) is 2.69. The number of aryl methyl sites for hydroxylation is 2. The highest BCUT2D eigenvalue weighted by Crippen LogP contribution is 2.11. The molecule has 2 heterocycles. The zero-order chi connectivity index (χ0) is 12.4. The van der Waals surface area contributed by atoms with Crippen molar-refractivity contribution in [3.8, 4) is 0 Å². The number of carbonyl (C=O) groups excluding carboxylic acids is 1. The van der Waals surface area contributed by atoms with Crippen LogP contribution in [-0.2, 0) is 4.84 Å². The van der Waals surface area contributed by atoms with Crippen molar-refractivity contribution in [1.29, 1.82) is 0 Å². The smallest absolute Gasteiger partial charge is 0.274 e. The molecule has 0 saturated heterocycles. The van der Waals surface area contributed by atoms with E-state index in [4.69, 9.17) is 4.84 Å².